The van der Waals surface area contributed by atoms with Crippen LogP contribution in [-0.4, -0.2) is 32.5 Å². The molecule has 6 nitrogen and oxygen atoms in total. The van der Waals surface area contributed by atoms with Gasteiger partial charge >= 0.3 is 0 Å². The number of nitrogens with one attached hydrogen (secondary N) is 1. The number of fused-ring (bicyclic) bond motifs is 1. The Hall–Kier alpha value is -1.38. The number of nitro benzene ring substituents is 1. The van der Waals surface area contributed by atoms with Crippen LogP contribution in [0.3, 0.4) is 0 Å². The smallest absolute Gasteiger partial charge is 0.271 e. The summed E-state index contributed by atoms with van der Waals surface area (Å²) < 4.78 is 13.7. The fourth-order valence-electron chi connectivity index (χ4n) is 2.05. The van der Waals surface area contributed by atoms with Crippen molar-refractivity contribution in [1.82, 2.24) is 10.3 Å². The number of nitro groups is 1. The van der Waals surface area contributed by atoms with Gasteiger partial charge in [0.05, 0.1) is 31.2 Å². The summed E-state index contributed by atoms with van der Waals surface area (Å²) in [7, 11) is -1.13. The molecule has 0 saturated carbocycles. The molecule has 0 bridgehead atoms. The lowest BCUT2D eigenvalue weighted by atomic mass is 10.3. The van der Waals surface area contributed by atoms with E-state index in [9.17, 15) is 14.3 Å². The third-order valence-corrected chi connectivity index (χ3v) is 6.07. The number of aromatic nitrogens is 1. The molecule has 0 spiro atoms. The molecular weight excluding hydrogens is 286 g/mol. The Labute approximate surface area is 115 Å². The fraction of sp³-hybridized carbons (Fsp3) is 0.364. The van der Waals surface area contributed by atoms with E-state index >= 15 is 0 Å². The summed E-state index contributed by atoms with van der Waals surface area (Å²) in [5, 5.41) is 14.0. The van der Waals surface area contributed by atoms with Gasteiger partial charge in [0.1, 0.15) is 0 Å². The molecule has 2 atom stereocenters. The second-order valence-corrected chi connectivity index (χ2v) is 7.24. The zero-order chi connectivity index (χ0) is 13.4. The summed E-state index contributed by atoms with van der Waals surface area (Å²) in [6, 6.07) is 4.54. The van der Waals surface area contributed by atoms with Gasteiger partial charge in [0.25, 0.3) is 5.69 Å². The first kappa shape index (κ1) is 12.6. The molecule has 2 unspecified atom stereocenters. The first-order valence-electron chi connectivity index (χ1n) is 5.81. The lowest BCUT2D eigenvalue weighted by molar-refractivity contribution is -0.384. The Morgan fingerprint density at radius 1 is 1.53 bits per heavy atom. The van der Waals surface area contributed by atoms with Crippen LogP contribution in [-0.2, 0) is 10.8 Å². The van der Waals surface area contributed by atoms with Crippen LogP contribution in [0.1, 0.15) is 6.42 Å². The maximum Gasteiger partial charge on any atom is 0.271 e. The molecule has 100 valence electrons. The minimum absolute atomic E-state index is 0.0117. The third-order valence-electron chi connectivity index (χ3n) is 3.05. The van der Waals surface area contributed by atoms with Gasteiger partial charge in [0.2, 0.25) is 0 Å². The number of thiazole rings is 1. The fourth-order valence-corrected chi connectivity index (χ4v) is 4.81. The predicted octanol–water partition coefficient (Wildman–Crippen LogP) is 1.67. The number of non-ortho nitro benzene ring substituents is 1. The second-order valence-electron chi connectivity index (χ2n) is 4.30. The lowest BCUT2D eigenvalue weighted by Crippen LogP contribution is -2.18. The van der Waals surface area contributed by atoms with Gasteiger partial charge in [-0.15, -0.1) is 11.3 Å². The average Bonchev–Trinajstić information content (AvgIpc) is 3.06. The van der Waals surface area contributed by atoms with Crippen LogP contribution in [0.15, 0.2) is 22.5 Å². The van der Waals surface area contributed by atoms with Crippen molar-refractivity contribution in [2.75, 3.05) is 13.1 Å². The van der Waals surface area contributed by atoms with E-state index in [0.29, 0.717) is 9.86 Å². The molecule has 0 aliphatic carbocycles. The summed E-state index contributed by atoms with van der Waals surface area (Å²) in [5.74, 6) is 0. The summed E-state index contributed by atoms with van der Waals surface area (Å²) in [4.78, 5) is 14.5. The molecular formula is C11H11N3O3S2. The van der Waals surface area contributed by atoms with E-state index in [1.54, 1.807) is 6.07 Å². The molecule has 2 heterocycles. The Morgan fingerprint density at radius 2 is 2.37 bits per heavy atom. The summed E-state index contributed by atoms with van der Waals surface area (Å²) in [5.41, 5.74) is 0.561. The van der Waals surface area contributed by atoms with Gasteiger partial charge in [0, 0.05) is 18.7 Å². The van der Waals surface area contributed by atoms with Crippen LogP contribution in [0, 0.1) is 10.1 Å². The van der Waals surface area contributed by atoms with Crippen molar-refractivity contribution in [1.29, 1.82) is 0 Å². The standard InChI is InChI=1S/C11H11N3O3S2/c15-14(16)7-1-2-10-9(5-7)13-11(18-10)19(17)8-3-4-12-6-8/h1-2,5,8,12H,3-4,6H2. The maximum atomic E-state index is 12.3. The highest BCUT2D eigenvalue weighted by Gasteiger charge is 2.25. The minimum atomic E-state index is -1.13. The topological polar surface area (TPSA) is 85.1 Å². The van der Waals surface area contributed by atoms with Crippen LogP contribution < -0.4 is 5.32 Å². The van der Waals surface area contributed by atoms with E-state index in [1.807, 2.05) is 0 Å². The third kappa shape index (κ3) is 2.38. The lowest BCUT2D eigenvalue weighted by Gasteiger charge is -2.03. The van der Waals surface area contributed by atoms with Crippen molar-refractivity contribution in [2.24, 2.45) is 0 Å². The largest absolute Gasteiger partial charge is 0.315 e. The molecule has 1 aromatic carbocycles. The molecule has 0 radical (unpaired) electrons. The van der Waals surface area contributed by atoms with Crippen molar-refractivity contribution in [3.63, 3.8) is 0 Å². The van der Waals surface area contributed by atoms with Crippen LogP contribution in [0.25, 0.3) is 10.2 Å². The Kier molecular flexibility index (Phi) is 3.29. The monoisotopic (exact) mass is 297 g/mol. The van der Waals surface area contributed by atoms with E-state index in [4.69, 9.17) is 0 Å². The SMILES string of the molecule is O=[N+]([O-])c1ccc2sc(S(=O)C3CCNC3)nc2c1. The van der Waals surface area contributed by atoms with Crippen molar-refractivity contribution in [3.05, 3.63) is 28.3 Å². The first-order valence-corrected chi connectivity index (χ1v) is 7.84. The highest BCUT2D eigenvalue weighted by atomic mass is 32.2. The quantitative estimate of drug-likeness (QED) is 0.688. The first-order chi connectivity index (χ1) is 9.15. The number of nitrogens with zero attached hydrogens (tertiary/aromatic N) is 2. The summed E-state index contributed by atoms with van der Waals surface area (Å²) >= 11 is 1.35. The normalized spacial score (nSPS) is 20.7. The molecule has 1 aliphatic rings. The zero-order valence-electron chi connectivity index (χ0n) is 9.87. The van der Waals surface area contributed by atoms with Crippen LogP contribution >= 0.6 is 11.3 Å². The zero-order valence-corrected chi connectivity index (χ0v) is 11.5. The van der Waals surface area contributed by atoms with Crippen molar-refractivity contribution in [3.8, 4) is 0 Å². The number of rotatable bonds is 3. The predicted molar refractivity (Wildman–Crippen MR) is 74.0 cm³/mol. The number of hydrogen-bond acceptors (Lipinski definition) is 6. The number of benzene rings is 1. The Bertz CT molecular complexity index is 664. The van der Waals surface area contributed by atoms with Crippen LogP contribution in [0.4, 0.5) is 5.69 Å². The Balaban J connectivity index is 1.96. The van der Waals surface area contributed by atoms with Gasteiger partial charge < -0.3 is 5.32 Å². The average molecular weight is 297 g/mol. The van der Waals surface area contributed by atoms with E-state index in [1.165, 1.54) is 23.5 Å². The van der Waals surface area contributed by atoms with Gasteiger partial charge in [-0.2, -0.15) is 0 Å². The van der Waals surface area contributed by atoms with E-state index < -0.39 is 15.7 Å². The molecule has 0 amide bonds. The van der Waals surface area contributed by atoms with Gasteiger partial charge in [-0.25, -0.2) is 4.98 Å². The van der Waals surface area contributed by atoms with Crippen molar-refractivity contribution < 1.29 is 9.13 Å². The molecule has 2 aromatic rings. The van der Waals surface area contributed by atoms with E-state index in [-0.39, 0.29) is 10.9 Å². The second kappa shape index (κ2) is 4.95. The van der Waals surface area contributed by atoms with Gasteiger partial charge in [0.15, 0.2) is 4.34 Å². The molecule has 3 rings (SSSR count). The minimum Gasteiger partial charge on any atom is -0.315 e. The molecule has 1 aromatic heterocycles. The molecule has 1 aliphatic heterocycles. The maximum absolute atomic E-state index is 12.3. The highest BCUT2D eigenvalue weighted by molar-refractivity contribution is 7.88. The highest BCUT2D eigenvalue weighted by Crippen LogP contribution is 2.29. The molecule has 19 heavy (non-hydrogen) atoms. The van der Waals surface area contributed by atoms with Crippen LogP contribution in [0.5, 0.6) is 0 Å². The molecule has 1 N–H and O–H groups in total. The van der Waals surface area contributed by atoms with Crippen molar-refractivity contribution in [2.45, 2.75) is 16.0 Å². The molecule has 1 fully saturated rings. The van der Waals surface area contributed by atoms with Gasteiger partial charge in [-0.05, 0) is 19.0 Å². The summed E-state index contributed by atoms with van der Waals surface area (Å²) in [6.45, 7) is 1.62. The van der Waals surface area contributed by atoms with Gasteiger partial charge in [-0.1, -0.05) is 0 Å². The Morgan fingerprint density at radius 3 is 3.05 bits per heavy atom. The molecule has 1 saturated heterocycles. The van der Waals surface area contributed by atoms with Crippen LogP contribution in [0.2, 0.25) is 0 Å². The van der Waals surface area contributed by atoms with Gasteiger partial charge in [-0.3, -0.25) is 14.3 Å². The summed E-state index contributed by atoms with van der Waals surface area (Å²) in [6.07, 6.45) is 0.878. The number of hydrogen-bond donors (Lipinski definition) is 1. The van der Waals surface area contributed by atoms with Crippen molar-refractivity contribution >= 4 is 38.0 Å². The van der Waals surface area contributed by atoms with E-state index in [2.05, 4.69) is 10.3 Å². The van der Waals surface area contributed by atoms with E-state index in [0.717, 1.165) is 24.2 Å². The molecule has 8 heteroatoms.